The van der Waals surface area contributed by atoms with Crippen molar-refractivity contribution in [1.82, 2.24) is 0 Å². The first-order valence-corrected chi connectivity index (χ1v) is 10.4. The number of nitrogens with zero attached hydrogens (tertiary/aromatic N) is 2. The third kappa shape index (κ3) is 3.07. The summed E-state index contributed by atoms with van der Waals surface area (Å²) in [5.74, 6) is -1.43. The number of para-hydroxylation sites is 2. The number of phenolic OH excluding ortho intramolecular Hbond substituents is 1. The fourth-order valence-electron chi connectivity index (χ4n) is 4.40. The van der Waals surface area contributed by atoms with Gasteiger partial charge in [0, 0.05) is 5.56 Å². The second kappa shape index (κ2) is 7.56. The maximum Gasteiger partial charge on any atom is 0.266 e. The molecule has 0 spiro atoms. The van der Waals surface area contributed by atoms with Crippen molar-refractivity contribution in [3.05, 3.63) is 90.0 Å². The summed E-state index contributed by atoms with van der Waals surface area (Å²) in [6.07, 6.45) is -0.0825. The average molecular weight is 414 g/mol. The van der Waals surface area contributed by atoms with Gasteiger partial charge in [-0.2, -0.15) is 0 Å². The van der Waals surface area contributed by atoms with E-state index < -0.39 is 24.0 Å². The summed E-state index contributed by atoms with van der Waals surface area (Å²) in [5.41, 5.74) is 2.92. The largest absolute Gasteiger partial charge is 0.508 e. The number of amides is 2. The minimum Gasteiger partial charge on any atom is -0.508 e. The number of hydrogen-bond donors (Lipinski definition) is 1. The van der Waals surface area contributed by atoms with E-state index in [1.54, 1.807) is 41.5 Å². The van der Waals surface area contributed by atoms with Gasteiger partial charge in [-0.25, -0.2) is 9.96 Å². The number of benzene rings is 3. The van der Waals surface area contributed by atoms with Gasteiger partial charge >= 0.3 is 0 Å². The van der Waals surface area contributed by atoms with Crippen molar-refractivity contribution >= 4 is 23.2 Å². The maximum atomic E-state index is 13.5. The van der Waals surface area contributed by atoms with Crippen LogP contribution in [0.5, 0.6) is 5.75 Å². The third-order valence-corrected chi connectivity index (χ3v) is 5.98. The lowest BCUT2D eigenvalue weighted by atomic mass is 9.90. The molecule has 3 atom stereocenters. The van der Waals surface area contributed by atoms with Gasteiger partial charge in [-0.3, -0.25) is 14.4 Å². The lowest BCUT2D eigenvalue weighted by Crippen LogP contribution is -2.37. The van der Waals surface area contributed by atoms with Crippen molar-refractivity contribution < 1.29 is 19.5 Å². The van der Waals surface area contributed by atoms with E-state index in [0.717, 1.165) is 12.0 Å². The van der Waals surface area contributed by atoms with Crippen LogP contribution in [-0.4, -0.2) is 23.0 Å². The molecule has 6 nitrogen and oxygen atoms in total. The van der Waals surface area contributed by atoms with Gasteiger partial charge in [-0.15, -0.1) is 0 Å². The normalized spacial score (nSPS) is 22.8. The van der Waals surface area contributed by atoms with Crippen molar-refractivity contribution in [3.63, 3.8) is 0 Å². The van der Waals surface area contributed by atoms with Gasteiger partial charge in [0.05, 0.1) is 17.4 Å². The van der Waals surface area contributed by atoms with Gasteiger partial charge < -0.3 is 5.11 Å². The molecule has 2 heterocycles. The average Bonchev–Trinajstić information content (AvgIpc) is 3.31. The first-order chi connectivity index (χ1) is 15.1. The molecule has 0 aromatic heterocycles. The standard InChI is InChI=1S/C25H22N2O4/c1-2-16-12-14-17(15-13-16)26-24(29)21-22(19-10-6-7-11-20(19)28)27(31-23(21)25(26)30)18-8-4-3-5-9-18/h3-15,21-23,28H,2H2,1H3/t21-,22+,23+/m0/s1. The summed E-state index contributed by atoms with van der Waals surface area (Å²) in [4.78, 5) is 34.1. The van der Waals surface area contributed by atoms with Crippen molar-refractivity contribution in [3.8, 4) is 5.75 Å². The van der Waals surface area contributed by atoms with Crippen LogP contribution in [0.3, 0.4) is 0 Å². The van der Waals surface area contributed by atoms with E-state index in [2.05, 4.69) is 6.92 Å². The third-order valence-electron chi connectivity index (χ3n) is 5.98. The molecule has 2 fully saturated rings. The minimum absolute atomic E-state index is 0.0590. The van der Waals surface area contributed by atoms with E-state index >= 15 is 0 Å². The summed E-state index contributed by atoms with van der Waals surface area (Å²) < 4.78 is 0. The SMILES string of the molecule is CCc1ccc(N2C(=O)[C@H]3[C@@H](c4ccccc4O)N(c4ccccc4)O[C@H]3C2=O)cc1. The van der Waals surface area contributed by atoms with E-state index in [4.69, 9.17) is 4.84 Å². The van der Waals surface area contributed by atoms with E-state index in [1.165, 1.54) is 4.90 Å². The van der Waals surface area contributed by atoms with Crippen LogP contribution in [0.4, 0.5) is 11.4 Å². The van der Waals surface area contributed by atoms with Gasteiger partial charge in [0.2, 0.25) is 5.91 Å². The molecule has 0 unspecified atom stereocenters. The number of hydroxylamine groups is 1. The first kappa shape index (κ1) is 19.3. The highest BCUT2D eigenvalue weighted by atomic mass is 16.7. The lowest BCUT2D eigenvalue weighted by Gasteiger charge is -2.29. The molecule has 2 aliphatic rings. The fourth-order valence-corrected chi connectivity index (χ4v) is 4.40. The number of aromatic hydroxyl groups is 1. The number of fused-ring (bicyclic) bond motifs is 1. The van der Waals surface area contributed by atoms with Crippen LogP contribution in [0.2, 0.25) is 0 Å². The molecule has 2 amide bonds. The predicted octanol–water partition coefficient (Wildman–Crippen LogP) is 4.01. The van der Waals surface area contributed by atoms with Crippen molar-refractivity contribution in [2.45, 2.75) is 25.5 Å². The topological polar surface area (TPSA) is 70.1 Å². The van der Waals surface area contributed by atoms with Crippen molar-refractivity contribution in [1.29, 1.82) is 0 Å². The molecule has 0 aliphatic carbocycles. The van der Waals surface area contributed by atoms with Crippen LogP contribution in [0.25, 0.3) is 0 Å². The van der Waals surface area contributed by atoms with Gasteiger partial charge in [-0.05, 0) is 42.3 Å². The Labute approximate surface area is 180 Å². The van der Waals surface area contributed by atoms with Crippen LogP contribution in [0.15, 0.2) is 78.9 Å². The van der Waals surface area contributed by atoms with Crippen LogP contribution < -0.4 is 9.96 Å². The maximum absolute atomic E-state index is 13.5. The summed E-state index contributed by atoms with van der Waals surface area (Å²) in [5, 5.41) is 12.1. The number of aryl methyl sites for hydroxylation is 1. The summed E-state index contributed by atoms with van der Waals surface area (Å²) in [6, 6.07) is 23.0. The van der Waals surface area contributed by atoms with Gasteiger partial charge in [0.1, 0.15) is 11.7 Å². The molecule has 2 aliphatic heterocycles. The molecule has 6 heteroatoms. The number of carbonyl (C=O) groups excluding carboxylic acids is 2. The quantitative estimate of drug-likeness (QED) is 0.654. The number of anilines is 2. The number of rotatable bonds is 4. The second-order valence-electron chi connectivity index (χ2n) is 7.75. The highest BCUT2D eigenvalue weighted by molar-refractivity contribution is 6.23. The summed E-state index contributed by atoms with van der Waals surface area (Å²) >= 11 is 0. The molecule has 0 bridgehead atoms. The number of hydrogen-bond acceptors (Lipinski definition) is 5. The van der Waals surface area contributed by atoms with Crippen molar-refractivity contribution in [2.24, 2.45) is 5.92 Å². The zero-order valence-electron chi connectivity index (χ0n) is 17.0. The Morgan fingerprint density at radius 2 is 1.52 bits per heavy atom. The Kier molecular flexibility index (Phi) is 4.71. The van der Waals surface area contributed by atoms with Gasteiger partial charge in [0.25, 0.3) is 5.91 Å². The van der Waals surface area contributed by atoms with E-state index in [9.17, 15) is 14.7 Å². The Bertz CT molecular complexity index is 1130. The zero-order valence-corrected chi connectivity index (χ0v) is 17.0. The molecular weight excluding hydrogens is 392 g/mol. The van der Waals surface area contributed by atoms with Gasteiger partial charge in [0.15, 0.2) is 6.10 Å². The van der Waals surface area contributed by atoms with Gasteiger partial charge in [-0.1, -0.05) is 55.5 Å². The molecule has 2 saturated heterocycles. The number of phenols is 1. The monoisotopic (exact) mass is 414 g/mol. The van der Waals surface area contributed by atoms with Crippen LogP contribution in [0, 0.1) is 5.92 Å². The van der Waals surface area contributed by atoms with E-state index in [1.807, 2.05) is 42.5 Å². The fraction of sp³-hybridized carbons (Fsp3) is 0.200. The summed E-state index contributed by atoms with van der Waals surface area (Å²) in [7, 11) is 0. The number of imide groups is 1. The smallest absolute Gasteiger partial charge is 0.266 e. The summed E-state index contributed by atoms with van der Waals surface area (Å²) in [6.45, 7) is 2.05. The molecule has 1 N–H and O–H groups in total. The first-order valence-electron chi connectivity index (χ1n) is 10.4. The minimum atomic E-state index is -0.955. The predicted molar refractivity (Wildman–Crippen MR) is 116 cm³/mol. The zero-order chi connectivity index (χ0) is 21.5. The molecule has 156 valence electrons. The van der Waals surface area contributed by atoms with Crippen LogP contribution in [-0.2, 0) is 20.8 Å². The highest BCUT2D eigenvalue weighted by Crippen LogP contribution is 2.49. The molecule has 5 rings (SSSR count). The van der Waals surface area contributed by atoms with E-state index in [0.29, 0.717) is 16.9 Å². The van der Waals surface area contributed by atoms with E-state index in [-0.39, 0.29) is 11.7 Å². The Balaban J connectivity index is 1.58. The molecule has 0 saturated carbocycles. The highest BCUT2D eigenvalue weighted by Gasteiger charge is 2.60. The Morgan fingerprint density at radius 1 is 0.839 bits per heavy atom. The molecule has 3 aromatic carbocycles. The Hall–Kier alpha value is -3.64. The Morgan fingerprint density at radius 3 is 2.19 bits per heavy atom. The lowest BCUT2D eigenvalue weighted by molar-refractivity contribution is -0.126. The van der Waals surface area contributed by atoms with Crippen LogP contribution >= 0.6 is 0 Å². The molecule has 0 radical (unpaired) electrons. The second-order valence-corrected chi connectivity index (χ2v) is 7.75. The molecule has 3 aromatic rings. The molecular formula is C25H22N2O4. The van der Waals surface area contributed by atoms with Crippen LogP contribution in [0.1, 0.15) is 24.1 Å². The van der Waals surface area contributed by atoms with Crippen molar-refractivity contribution in [2.75, 3.05) is 9.96 Å². The molecule has 31 heavy (non-hydrogen) atoms. The number of carbonyl (C=O) groups is 2.